The minimum absolute atomic E-state index is 0.164. The van der Waals surface area contributed by atoms with Gasteiger partial charge in [-0.2, -0.15) is 0 Å². The lowest BCUT2D eigenvalue weighted by molar-refractivity contribution is -0.140. The van der Waals surface area contributed by atoms with Gasteiger partial charge in [-0.1, -0.05) is 61.0 Å². The minimum Gasteiger partial charge on any atom is -0.469 e. The minimum atomic E-state index is -0.328. The fourth-order valence-corrected chi connectivity index (χ4v) is 5.10. The van der Waals surface area contributed by atoms with Crippen molar-refractivity contribution < 1.29 is 14.3 Å². The lowest BCUT2D eigenvalue weighted by Crippen LogP contribution is -2.35. The van der Waals surface area contributed by atoms with Crippen LogP contribution in [0.4, 0.5) is 0 Å². The summed E-state index contributed by atoms with van der Waals surface area (Å²) in [5, 5.41) is 9.26. The largest absolute Gasteiger partial charge is 0.469 e. The van der Waals surface area contributed by atoms with Gasteiger partial charge >= 0.3 is 5.97 Å². The molecule has 178 valence electrons. The van der Waals surface area contributed by atoms with Gasteiger partial charge in [0.15, 0.2) is 0 Å². The number of amides is 1. The van der Waals surface area contributed by atoms with E-state index in [4.69, 9.17) is 0 Å². The molecule has 5 heteroatoms. The van der Waals surface area contributed by atoms with E-state index < -0.39 is 0 Å². The van der Waals surface area contributed by atoms with Crippen molar-refractivity contribution in [3.63, 3.8) is 0 Å². The van der Waals surface area contributed by atoms with Gasteiger partial charge in [0.2, 0.25) is 0 Å². The maximum atomic E-state index is 12.3. The highest BCUT2D eigenvalue weighted by atomic mass is 16.5. The summed E-state index contributed by atoms with van der Waals surface area (Å²) >= 11 is 0. The van der Waals surface area contributed by atoms with E-state index >= 15 is 0 Å². The van der Waals surface area contributed by atoms with E-state index in [1.807, 2.05) is 12.1 Å². The number of hydrogen-bond acceptors (Lipinski definition) is 4. The molecule has 0 saturated heterocycles. The molecule has 0 bridgehead atoms. The van der Waals surface area contributed by atoms with Crippen LogP contribution in [0.1, 0.15) is 72.5 Å². The first-order chi connectivity index (χ1) is 16.5. The van der Waals surface area contributed by atoms with Gasteiger partial charge in [0.25, 0.3) is 5.91 Å². The van der Waals surface area contributed by atoms with Gasteiger partial charge in [-0.05, 0) is 66.1 Å². The van der Waals surface area contributed by atoms with Crippen LogP contribution in [-0.2, 0) is 9.53 Å². The summed E-state index contributed by atoms with van der Waals surface area (Å²) in [6.45, 7) is 2.54. The Labute approximate surface area is 201 Å². The molecule has 1 amide bonds. The zero-order valence-corrected chi connectivity index (χ0v) is 20.1. The number of carbonyl (C=O) groups is 2. The summed E-state index contributed by atoms with van der Waals surface area (Å²) < 4.78 is 4.60. The Balaban J connectivity index is 1.35. The van der Waals surface area contributed by atoms with Crippen LogP contribution in [0.2, 0.25) is 0 Å². The standard InChI is InChI=1S/C29H34N2O3/c1-20(26-12-6-8-22-7-3-4-11-27(22)26)31-25-10-5-9-24(19-25)21-13-15-23(16-14-21)29(33)30-18-17-28(32)34-2/h3-4,6-8,11-16,20,24-25,31H,5,9-10,17-19H2,1-2H3,(H,30,33)/t20-,24?,25?/m1/s1. The van der Waals surface area contributed by atoms with Crippen LogP contribution < -0.4 is 10.6 Å². The molecule has 2 N–H and O–H groups in total. The molecule has 4 rings (SSSR count). The molecule has 1 aliphatic carbocycles. The molecule has 3 aromatic rings. The third-order valence-electron chi connectivity index (χ3n) is 6.94. The van der Waals surface area contributed by atoms with Gasteiger partial charge in [-0.3, -0.25) is 9.59 Å². The van der Waals surface area contributed by atoms with Crippen molar-refractivity contribution in [3.05, 3.63) is 83.4 Å². The Kier molecular flexibility index (Phi) is 7.96. The third kappa shape index (κ3) is 5.84. The number of nitrogens with one attached hydrogen (secondary N) is 2. The molecule has 0 radical (unpaired) electrons. The van der Waals surface area contributed by atoms with Gasteiger partial charge < -0.3 is 15.4 Å². The first kappa shape index (κ1) is 24.0. The zero-order chi connectivity index (χ0) is 23.9. The second kappa shape index (κ2) is 11.3. The number of carbonyl (C=O) groups excluding carboxylic acids is 2. The van der Waals surface area contributed by atoms with Gasteiger partial charge in [0.05, 0.1) is 13.5 Å². The highest BCUT2D eigenvalue weighted by molar-refractivity contribution is 5.94. The van der Waals surface area contributed by atoms with Crippen LogP contribution in [0.3, 0.4) is 0 Å². The average molecular weight is 459 g/mol. The molecule has 0 spiro atoms. The number of benzene rings is 3. The van der Waals surface area contributed by atoms with Gasteiger partial charge in [0, 0.05) is 24.2 Å². The molecule has 3 atom stereocenters. The maximum absolute atomic E-state index is 12.3. The normalized spacial score (nSPS) is 18.9. The Morgan fingerprint density at radius 3 is 2.56 bits per heavy atom. The van der Waals surface area contributed by atoms with Gasteiger partial charge in [-0.15, -0.1) is 0 Å². The summed E-state index contributed by atoms with van der Waals surface area (Å²) in [4.78, 5) is 23.5. The number of methoxy groups -OCH3 is 1. The number of esters is 1. The summed E-state index contributed by atoms with van der Waals surface area (Å²) in [6, 6.07) is 23.8. The molecule has 2 unspecified atom stereocenters. The fourth-order valence-electron chi connectivity index (χ4n) is 5.10. The van der Waals surface area contributed by atoms with E-state index in [0.29, 0.717) is 17.5 Å². The van der Waals surface area contributed by atoms with E-state index in [1.165, 1.54) is 48.3 Å². The molecule has 0 heterocycles. The monoisotopic (exact) mass is 458 g/mol. The highest BCUT2D eigenvalue weighted by Gasteiger charge is 2.25. The molecule has 0 aliphatic heterocycles. The lowest BCUT2D eigenvalue weighted by Gasteiger charge is -2.32. The molecule has 1 saturated carbocycles. The second-order valence-electron chi connectivity index (χ2n) is 9.22. The highest BCUT2D eigenvalue weighted by Crippen LogP contribution is 2.34. The zero-order valence-electron chi connectivity index (χ0n) is 20.1. The predicted octanol–water partition coefficient (Wildman–Crippen LogP) is 5.51. The Morgan fingerprint density at radius 1 is 1.00 bits per heavy atom. The van der Waals surface area contributed by atoms with Gasteiger partial charge in [0.1, 0.15) is 0 Å². The number of hydrogen-bond donors (Lipinski definition) is 2. The molecular formula is C29H34N2O3. The van der Waals surface area contributed by atoms with E-state index in [0.717, 1.165) is 6.42 Å². The summed E-state index contributed by atoms with van der Waals surface area (Å²) in [5.74, 6) is -0.00386. The van der Waals surface area contributed by atoms with Crippen LogP contribution in [-0.4, -0.2) is 31.6 Å². The van der Waals surface area contributed by atoms with Crippen molar-refractivity contribution in [2.45, 2.75) is 57.0 Å². The second-order valence-corrected chi connectivity index (χ2v) is 9.22. The van der Waals surface area contributed by atoms with Crippen LogP contribution in [0, 0.1) is 0 Å². The summed E-state index contributed by atoms with van der Waals surface area (Å²) in [6.07, 6.45) is 4.83. The SMILES string of the molecule is COC(=O)CCNC(=O)c1ccc(C2CCCC(N[C@H](C)c3cccc4ccccc34)C2)cc1. The molecule has 1 fully saturated rings. The Hall–Kier alpha value is -3.18. The smallest absolute Gasteiger partial charge is 0.307 e. The van der Waals surface area contributed by atoms with Crippen LogP contribution in [0.5, 0.6) is 0 Å². The quantitative estimate of drug-likeness (QED) is 0.437. The van der Waals surface area contributed by atoms with Crippen LogP contribution in [0.15, 0.2) is 66.7 Å². The van der Waals surface area contributed by atoms with E-state index in [-0.39, 0.29) is 30.9 Å². The molecule has 34 heavy (non-hydrogen) atoms. The number of rotatable bonds is 8. The number of fused-ring (bicyclic) bond motifs is 1. The average Bonchev–Trinajstić information content (AvgIpc) is 2.88. The van der Waals surface area contributed by atoms with Crippen LogP contribution in [0.25, 0.3) is 10.8 Å². The van der Waals surface area contributed by atoms with Crippen molar-refractivity contribution >= 4 is 22.6 Å². The molecule has 3 aromatic carbocycles. The van der Waals surface area contributed by atoms with E-state index in [2.05, 4.69) is 76.9 Å². The van der Waals surface area contributed by atoms with Crippen molar-refractivity contribution in [2.24, 2.45) is 0 Å². The van der Waals surface area contributed by atoms with E-state index in [9.17, 15) is 9.59 Å². The summed E-state index contributed by atoms with van der Waals surface area (Å²) in [7, 11) is 1.35. The van der Waals surface area contributed by atoms with Crippen LogP contribution >= 0.6 is 0 Å². The number of ether oxygens (including phenoxy) is 1. The molecular weight excluding hydrogens is 424 g/mol. The molecule has 1 aliphatic rings. The topological polar surface area (TPSA) is 67.4 Å². The maximum Gasteiger partial charge on any atom is 0.307 e. The Bertz CT molecular complexity index is 1120. The van der Waals surface area contributed by atoms with Crippen molar-refractivity contribution in [1.29, 1.82) is 0 Å². The van der Waals surface area contributed by atoms with Crippen molar-refractivity contribution in [2.75, 3.05) is 13.7 Å². The molecule has 5 nitrogen and oxygen atoms in total. The van der Waals surface area contributed by atoms with Gasteiger partial charge in [-0.25, -0.2) is 0 Å². The molecule has 0 aromatic heterocycles. The first-order valence-electron chi connectivity index (χ1n) is 12.2. The first-order valence-corrected chi connectivity index (χ1v) is 12.2. The van der Waals surface area contributed by atoms with Crippen molar-refractivity contribution in [3.8, 4) is 0 Å². The van der Waals surface area contributed by atoms with Crippen molar-refractivity contribution in [1.82, 2.24) is 10.6 Å². The third-order valence-corrected chi connectivity index (χ3v) is 6.94. The lowest BCUT2D eigenvalue weighted by atomic mass is 9.80. The summed E-state index contributed by atoms with van der Waals surface area (Å²) in [5.41, 5.74) is 3.25. The van der Waals surface area contributed by atoms with E-state index in [1.54, 1.807) is 0 Å². The Morgan fingerprint density at radius 2 is 1.76 bits per heavy atom. The fraction of sp³-hybridized carbons (Fsp3) is 0.379. The predicted molar refractivity (Wildman–Crippen MR) is 136 cm³/mol.